The van der Waals surface area contributed by atoms with Gasteiger partial charge in [0.1, 0.15) is 10.1 Å². The van der Waals surface area contributed by atoms with E-state index in [-0.39, 0.29) is 34.0 Å². The maximum atomic E-state index is 13.1. The van der Waals surface area contributed by atoms with Crippen molar-refractivity contribution in [1.82, 2.24) is 14.7 Å². The van der Waals surface area contributed by atoms with Crippen molar-refractivity contribution in [2.75, 3.05) is 28.4 Å². The van der Waals surface area contributed by atoms with E-state index in [1.165, 1.54) is 51.9 Å². The van der Waals surface area contributed by atoms with Crippen LogP contribution in [0.1, 0.15) is 25.5 Å². The molecule has 3 aromatic rings. The highest BCUT2D eigenvalue weighted by Crippen LogP contribution is 2.48. The van der Waals surface area contributed by atoms with E-state index in [4.69, 9.17) is 35.5 Å². The maximum absolute atomic E-state index is 13.1. The molecule has 0 atom stereocenters. The van der Waals surface area contributed by atoms with E-state index in [1.807, 2.05) is 0 Å². The molecular weight excluding hydrogens is 540 g/mol. The largest absolute Gasteiger partial charge is 0.496 e. The number of imidazole rings is 1. The molecular formula is C24H23ClN4O8S. The van der Waals surface area contributed by atoms with Crippen molar-refractivity contribution in [3.63, 3.8) is 0 Å². The standard InChI is InChI=1S/C24H23ClN4O8S/c1-10-17(22(30)36-5)19(18(11(2)26-10)23(31)37-6)21-20(27-24-28(21)9-16(25)38-24)12-7-15(35-4)13(29(32)33)8-14(12)34-3/h7-9,19,26H,1-6H3. The topological polar surface area (TPSA) is 144 Å². The first-order valence-corrected chi connectivity index (χ1v) is 12.2. The molecule has 0 aliphatic carbocycles. The van der Waals surface area contributed by atoms with E-state index in [9.17, 15) is 19.7 Å². The number of allylic oxidation sites excluding steroid dienone is 2. The Morgan fingerprint density at radius 1 is 1.05 bits per heavy atom. The molecule has 0 bridgehead atoms. The summed E-state index contributed by atoms with van der Waals surface area (Å²) in [5, 5.41) is 14.7. The molecule has 1 aliphatic rings. The Labute approximate surface area is 225 Å². The number of nitro groups is 1. The van der Waals surface area contributed by atoms with E-state index in [2.05, 4.69) is 5.32 Å². The summed E-state index contributed by atoms with van der Waals surface area (Å²) >= 11 is 7.49. The van der Waals surface area contributed by atoms with Crippen LogP contribution in [-0.4, -0.2) is 54.7 Å². The Bertz CT molecular complexity index is 1520. The highest BCUT2D eigenvalue weighted by Gasteiger charge is 2.42. The van der Waals surface area contributed by atoms with Crippen LogP contribution in [0.2, 0.25) is 4.34 Å². The lowest BCUT2D eigenvalue weighted by Gasteiger charge is -2.30. The molecule has 1 aromatic carbocycles. The molecule has 0 fully saturated rings. The second kappa shape index (κ2) is 10.3. The molecule has 4 rings (SSSR count). The minimum Gasteiger partial charge on any atom is -0.496 e. The van der Waals surface area contributed by atoms with Crippen molar-refractivity contribution in [2.45, 2.75) is 19.8 Å². The van der Waals surface area contributed by atoms with E-state index in [0.29, 0.717) is 31.9 Å². The molecule has 1 N–H and O–H groups in total. The van der Waals surface area contributed by atoms with Gasteiger partial charge in [-0.25, -0.2) is 14.6 Å². The van der Waals surface area contributed by atoms with E-state index < -0.39 is 22.8 Å². The van der Waals surface area contributed by atoms with Crippen LogP contribution in [0.15, 0.2) is 40.9 Å². The summed E-state index contributed by atoms with van der Waals surface area (Å²) in [7, 11) is 5.14. The number of hydrogen-bond donors (Lipinski definition) is 1. The highest BCUT2D eigenvalue weighted by molar-refractivity contribution is 7.20. The van der Waals surface area contributed by atoms with E-state index in [1.54, 1.807) is 24.4 Å². The number of dihydropyridines is 1. The first kappa shape index (κ1) is 26.9. The number of ether oxygens (including phenoxy) is 4. The lowest BCUT2D eigenvalue weighted by atomic mass is 9.81. The molecule has 1 aliphatic heterocycles. The average molecular weight is 563 g/mol. The number of hydrogen-bond acceptors (Lipinski definition) is 11. The van der Waals surface area contributed by atoms with Gasteiger partial charge in [-0.15, -0.1) is 0 Å². The minimum atomic E-state index is -1.02. The van der Waals surface area contributed by atoms with Gasteiger partial charge >= 0.3 is 17.6 Å². The summed E-state index contributed by atoms with van der Waals surface area (Å²) in [6, 6.07) is 2.66. The van der Waals surface area contributed by atoms with Crippen molar-refractivity contribution < 1.29 is 33.5 Å². The zero-order chi connectivity index (χ0) is 27.9. The summed E-state index contributed by atoms with van der Waals surface area (Å²) in [6.45, 7) is 3.37. The molecule has 0 saturated heterocycles. The van der Waals surface area contributed by atoms with Crippen LogP contribution in [0, 0.1) is 10.1 Å². The summed E-state index contributed by atoms with van der Waals surface area (Å²) < 4.78 is 23.0. The summed E-state index contributed by atoms with van der Waals surface area (Å²) in [5.41, 5.74) is 1.90. The molecule has 200 valence electrons. The molecule has 0 amide bonds. The molecule has 38 heavy (non-hydrogen) atoms. The smallest absolute Gasteiger partial charge is 0.336 e. The Balaban J connectivity index is 2.15. The lowest BCUT2D eigenvalue weighted by molar-refractivity contribution is -0.385. The van der Waals surface area contributed by atoms with Gasteiger partial charge in [0.15, 0.2) is 10.7 Å². The van der Waals surface area contributed by atoms with E-state index >= 15 is 0 Å². The number of carbonyl (C=O) groups excluding carboxylic acids is 2. The van der Waals surface area contributed by atoms with Crippen molar-refractivity contribution in [2.24, 2.45) is 0 Å². The normalized spacial score (nSPS) is 14.0. The summed E-state index contributed by atoms with van der Waals surface area (Å²) in [6.07, 6.45) is 1.61. The number of nitrogens with one attached hydrogen (secondary N) is 1. The fraction of sp³-hybridized carbons (Fsp3) is 0.292. The zero-order valence-corrected chi connectivity index (χ0v) is 22.8. The molecule has 0 spiro atoms. The third-order valence-electron chi connectivity index (χ3n) is 6.13. The molecule has 3 heterocycles. The van der Waals surface area contributed by atoms with E-state index in [0.717, 1.165) is 0 Å². The van der Waals surface area contributed by atoms with Crippen LogP contribution in [0.4, 0.5) is 5.69 Å². The fourth-order valence-corrected chi connectivity index (χ4v) is 5.57. The number of thiazole rings is 1. The summed E-state index contributed by atoms with van der Waals surface area (Å²) in [5.74, 6) is -2.27. The number of fused-ring (bicyclic) bond motifs is 1. The molecule has 0 saturated carbocycles. The lowest BCUT2D eigenvalue weighted by Crippen LogP contribution is -2.32. The van der Waals surface area contributed by atoms with Crippen molar-refractivity contribution in [1.29, 1.82) is 0 Å². The first-order chi connectivity index (χ1) is 18.1. The predicted octanol–water partition coefficient (Wildman–Crippen LogP) is 4.22. The van der Waals surface area contributed by atoms with Crippen molar-refractivity contribution >= 4 is 45.5 Å². The van der Waals surface area contributed by atoms with Gasteiger partial charge in [0, 0.05) is 29.2 Å². The average Bonchev–Trinajstić information content (AvgIpc) is 3.42. The number of methoxy groups -OCH3 is 4. The number of nitrogens with zero attached hydrogens (tertiary/aromatic N) is 3. The third kappa shape index (κ3) is 4.33. The molecule has 2 aromatic heterocycles. The van der Waals surface area contributed by atoms with Gasteiger partial charge in [0.25, 0.3) is 0 Å². The molecule has 14 heteroatoms. The number of rotatable bonds is 7. The highest BCUT2D eigenvalue weighted by atomic mass is 35.5. The molecule has 0 unspecified atom stereocenters. The van der Waals surface area contributed by atoms with Gasteiger partial charge in [-0.05, 0) is 13.8 Å². The third-order valence-corrected chi connectivity index (χ3v) is 7.23. The second-order valence-corrected chi connectivity index (χ2v) is 9.77. The maximum Gasteiger partial charge on any atom is 0.336 e. The first-order valence-electron chi connectivity index (χ1n) is 11.0. The predicted molar refractivity (Wildman–Crippen MR) is 139 cm³/mol. The Kier molecular flexibility index (Phi) is 7.33. The van der Waals surface area contributed by atoms with Gasteiger partial charge in [-0.1, -0.05) is 22.9 Å². The van der Waals surface area contributed by atoms with Gasteiger partial charge in [0.05, 0.1) is 67.9 Å². The van der Waals surface area contributed by atoms with Gasteiger partial charge in [-0.3, -0.25) is 14.5 Å². The zero-order valence-electron chi connectivity index (χ0n) is 21.2. The fourth-order valence-electron chi connectivity index (χ4n) is 4.55. The number of halogens is 1. The SMILES string of the molecule is COC(=O)C1=C(C)NC(C)=C(C(=O)OC)C1c1c(-c2cc(OC)c([N+](=O)[O-])cc2OC)nc2sc(Cl)cn12. The van der Waals surface area contributed by atoms with Crippen LogP contribution in [-0.2, 0) is 19.1 Å². The molecule has 12 nitrogen and oxygen atoms in total. The van der Waals surface area contributed by atoms with Crippen LogP contribution >= 0.6 is 22.9 Å². The van der Waals surface area contributed by atoms with Gasteiger partial charge in [-0.2, -0.15) is 0 Å². The van der Waals surface area contributed by atoms with Crippen molar-refractivity contribution in [3.05, 3.63) is 61.0 Å². The number of benzene rings is 1. The van der Waals surface area contributed by atoms with Crippen LogP contribution in [0.3, 0.4) is 0 Å². The Morgan fingerprint density at radius 3 is 2.13 bits per heavy atom. The van der Waals surface area contributed by atoms with Crippen LogP contribution in [0.25, 0.3) is 16.2 Å². The number of esters is 2. The van der Waals surface area contributed by atoms with Crippen LogP contribution in [0.5, 0.6) is 11.5 Å². The number of nitro benzene ring substituents is 1. The molecule has 0 radical (unpaired) electrons. The number of carbonyl (C=O) groups is 2. The number of aromatic nitrogens is 2. The minimum absolute atomic E-state index is 0.0312. The monoisotopic (exact) mass is 562 g/mol. The van der Waals surface area contributed by atoms with Crippen molar-refractivity contribution in [3.8, 4) is 22.8 Å². The second-order valence-electron chi connectivity index (χ2n) is 8.13. The van der Waals surface area contributed by atoms with Crippen LogP contribution < -0.4 is 14.8 Å². The Hall–Kier alpha value is -4.10. The quantitative estimate of drug-likeness (QED) is 0.252. The summed E-state index contributed by atoms with van der Waals surface area (Å²) in [4.78, 5) is 42.5. The van der Waals surface area contributed by atoms with Gasteiger partial charge in [0.2, 0.25) is 0 Å². The Morgan fingerprint density at radius 2 is 1.63 bits per heavy atom. The van der Waals surface area contributed by atoms with Gasteiger partial charge < -0.3 is 24.3 Å².